The Morgan fingerprint density at radius 3 is 2.33 bits per heavy atom. The van der Waals surface area contributed by atoms with Crippen molar-refractivity contribution in [1.29, 1.82) is 0 Å². The summed E-state index contributed by atoms with van der Waals surface area (Å²) in [4.78, 5) is 24.6. The molecule has 10 heteroatoms. The van der Waals surface area contributed by atoms with Crippen molar-refractivity contribution in [2.75, 3.05) is 14.2 Å². The lowest BCUT2D eigenvalue weighted by Crippen LogP contribution is -2.71. The quantitative estimate of drug-likeness (QED) is 0.613. The number of aliphatic hydroxyl groups excluding tert-OH is 1. The van der Waals surface area contributed by atoms with Gasteiger partial charge in [-0.2, -0.15) is 0 Å². The molecule has 2 amide bonds. The summed E-state index contributed by atoms with van der Waals surface area (Å²) in [7, 11) is 2.95. The van der Waals surface area contributed by atoms with E-state index in [9.17, 15) is 23.5 Å². The first-order valence-electron chi connectivity index (χ1n) is 9.36. The molecule has 0 aromatic heterocycles. The number of carbonyl (C=O) groups is 2. The van der Waals surface area contributed by atoms with Gasteiger partial charge in [0, 0.05) is 31.0 Å². The highest BCUT2D eigenvalue weighted by Crippen LogP contribution is 2.47. The van der Waals surface area contributed by atoms with E-state index in [4.69, 9.17) is 14.2 Å². The Balaban J connectivity index is 2.08. The van der Waals surface area contributed by atoms with Gasteiger partial charge in [-0.05, 0) is 32.9 Å². The van der Waals surface area contributed by atoms with Crippen molar-refractivity contribution in [2.24, 2.45) is 0 Å². The maximum absolute atomic E-state index is 13.6. The lowest BCUT2D eigenvalue weighted by molar-refractivity contribution is -0.174. The minimum Gasteiger partial charge on any atom is -0.497 e. The van der Waals surface area contributed by atoms with Crippen molar-refractivity contribution in [3.8, 4) is 11.5 Å². The van der Waals surface area contributed by atoms with Crippen molar-refractivity contribution < 1.29 is 37.7 Å². The molecule has 30 heavy (non-hydrogen) atoms. The summed E-state index contributed by atoms with van der Waals surface area (Å²) >= 11 is 0. The lowest BCUT2D eigenvalue weighted by Gasteiger charge is -2.49. The molecule has 0 heterocycles. The summed E-state index contributed by atoms with van der Waals surface area (Å²) in [5.41, 5.74) is -2.10. The summed E-state index contributed by atoms with van der Waals surface area (Å²) in [6, 6.07) is 4.95. The number of hydrogen-bond acceptors (Lipinski definition) is 6. The molecule has 8 nitrogen and oxygen atoms in total. The SMILES string of the molecule is COc1ccc(CNC(=O)C(O)C2(NC(=O)OC(C)(C)C)CC(F)(F)C2)c(OC)c1. The average molecular weight is 430 g/mol. The molecule has 3 N–H and O–H groups in total. The fourth-order valence-corrected chi connectivity index (χ4v) is 3.26. The highest BCUT2D eigenvalue weighted by atomic mass is 19.3. The number of carbonyl (C=O) groups excluding carboxylic acids is 2. The number of halogens is 2. The number of amides is 2. The standard InChI is InChI=1S/C20H28F2N2O6/c1-18(2,3)30-17(27)24-19(10-20(21,22)11-19)15(25)16(26)23-9-12-6-7-13(28-4)8-14(12)29-5/h6-8,15,25H,9-11H2,1-5H3,(H,23,26)(H,24,27). The van der Waals surface area contributed by atoms with E-state index in [1.807, 2.05) is 0 Å². The monoisotopic (exact) mass is 430 g/mol. The van der Waals surface area contributed by atoms with Gasteiger partial charge in [-0.25, -0.2) is 13.6 Å². The Morgan fingerprint density at radius 2 is 1.83 bits per heavy atom. The van der Waals surface area contributed by atoms with Crippen LogP contribution in [0.25, 0.3) is 0 Å². The topological polar surface area (TPSA) is 106 Å². The number of alkyl carbamates (subject to hydrolysis) is 1. The van der Waals surface area contributed by atoms with Crippen LogP contribution in [0.3, 0.4) is 0 Å². The van der Waals surface area contributed by atoms with E-state index in [2.05, 4.69) is 10.6 Å². The molecule has 1 saturated carbocycles. The van der Waals surface area contributed by atoms with Crippen LogP contribution >= 0.6 is 0 Å². The normalized spacial score (nSPS) is 17.9. The van der Waals surface area contributed by atoms with Crippen LogP contribution in [0.5, 0.6) is 11.5 Å². The first kappa shape index (κ1) is 23.7. The van der Waals surface area contributed by atoms with E-state index in [1.54, 1.807) is 39.0 Å². The number of aliphatic hydroxyl groups is 1. The van der Waals surface area contributed by atoms with Crippen molar-refractivity contribution in [3.63, 3.8) is 0 Å². The number of rotatable bonds is 7. The van der Waals surface area contributed by atoms with Gasteiger partial charge in [0.25, 0.3) is 11.8 Å². The highest BCUT2D eigenvalue weighted by Gasteiger charge is 2.63. The zero-order valence-electron chi connectivity index (χ0n) is 17.7. The summed E-state index contributed by atoms with van der Waals surface area (Å²) in [5.74, 6) is -3.00. The number of nitrogens with one attached hydrogen (secondary N) is 2. The first-order valence-corrected chi connectivity index (χ1v) is 9.36. The molecule has 0 saturated heterocycles. The predicted octanol–water partition coefficient (Wildman–Crippen LogP) is 2.37. The van der Waals surface area contributed by atoms with Gasteiger partial charge in [0.2, 0.25) is 0 Å². The van der Waals surface area contributed by atoms with Crippen LogP contribution in [-0.2, 0) is 16.1 Å². The van der Waals surface area contributed by atoms with E-state index in [0.29, 0.717) is 17.1 Å². The molecule has 1 aromatic carbocycles. The third-order valence-corrected chi connectivity index (χ3v) is 4.62. The van der Waals surface area contributed by atoms with Crippen molar-refractivity contribution in [1.82, 2.24) is 10.6 Å². The maximum Gasteiger partial charge on any atom is 0.408 e. The summed E-state index contributed by atoms with van der Waals surface area (Å²) in [6.07, 6.45) is -4.63. The molecule has 1 aromatic rings. The lowest BCUT2D eigenvalue weighted by atomic mass is 9.69. The van der Waals surface area contributed by atoms with Crippen molar-refractivity contribution >= 4 is 12.0 Å². The van der Waals surface area contributed by atoms with Gasteiger partial charge in [-0.15, -0.1) is 0 Å². The third kappa shape index (κ3) is 5.71. The molecule has 2 rings (SSSR count). The van der Waals surface area contributed by atoms with E-state index in [-0.39, 0.29) is 6.54 Å². The number of benzene rings is 1. The Hall–Kier alpha value is -2.62. The van der Waals surface area contributed by atoms with E-state index >= 15 is 0 Å². The zero-order valence-corrected chi connectivity index (χ0v) is 17.7. The second kappa shape index (κ2) is 8.63. The smallest absolute Gasteiger partial charge is 0.408 e. The van der Waals surface area contributed by atoms with Gasteiger partial charge in [0.05, 0.1) is 19.8 Å². The molecule has 1 unspecified atom stereocenters. The van der Waals surface area contributed by atoms with E-state index < -0.39 is 48.0 Å². The van der Waals surface area contributed by atoms with Crippen molar-refractivity contribution in [2.45, 2.75) is 63.3 Å². The molecule has 1 atom stereocenters. The molecule has 1 aliphatic carbocycles. The van der Waals surface area contributed by atoms with Crippen LogP contribution in [0.4, 0.5) is 13.6 Å². The van der Waals surface area contributed by atoms with Crippen molar-refractivity contribution in [3.05, 3.63) is 23.8 Å². The minimum atomic E-state index is -3.10. The van der Waals surface area contributed by atoms with Gasteiger partial charge >= 0.3 is 6.09 Å². The van der Waals surface area contributed by atoms with Gasteiger partial charge in [0.1, 0.15) is 17.1 Å². The number of ether oxygens (including phenoxy) is 3. The second-order valence-corrected chi connectivity index (χ2v) is 8.29. The third-order valence-electron chi connectivity index (χ3n) is 4.62. The number of alkyl halides is 2. The molecule has 0 radical (unpaired) electrons. The molecule has 0 bridgehead atoms. The second-order valence-electron chi connectivity index (χ2n) is 8.29. The molecular weight excluding hydrogens is 402 g/mol. The summed E-state index contributed by atoms with van der Waals surface area (Å²) < 4.78 is 42.6. The van der Waals surface area contributed by atoms with Crippen LogP contribution in [0, 0.1) is 0 Å². The van der Waals surface area contributed by atoms with Crippen LogP contribution in [0.15, 0.2) is 18.2 Å². The Bertz CT molecular complexity index is 786. The first-order chi connectivity index (χ1) is 13.8. The summed E-state index contributed by atoms with van der Waals surface area (Å²) in [5, 5.41) is 15.2. The molecule has 1 aliphatic rings. The van der Waals surface area contributed by atoms with Gasteiger partial charge < -0.3 is 30.0 Å². The highest BCUT2D eigenvalue weighted by molar-refractivity contribution is 5.83. The number of methoxy groups -OCH3 is 2. The zero-order chi connectivity index (χ0) is 22.7. The molecular formula is C20H28F2N2O6. The van der Waals surface area contributed by atoms with Crippen LogP contribution in [0.2, 0.25) is 0 Å². The fraction of sp³-hybridized carbons (Fsp3) is 0.600. The predicted molar refractivity (Wildman–Crippen MR) is 104 cm³/mol. The summed E-state index contributed by atoms with van der Waals surface area (Å²) in [6.45, 7) is 4.81. The molecule has 0 aliphatic heterocycles. The average Bonchev–Trinajstić information content (AvgIpc) is 2.61. The molecule has 1 fully saturated rings. The van der Waals surface area contributed by atoms with Gasteiger partial charge in [0.15, 0.2) is 6.10 Å². The Morgan fingerprint density at radius 1 is 1.20 bits per heavy atom. The van der Waals surface area contributed by atoms with Crippen LogP contribution < -0.4 is 20.1 Å². The van der Waals surface area contributed by atoms with E-state index in [0.717, 1.165) is 0 Å². The largest absolute Gasteiger partial charge is 0.497 e. The fourth-order valence-electron chi connectivity index (χ4n) is 3.26. The van der Waals surface area contributed by atoms with Gasteiger partial charge in [-0.3, -0.25) is 4.79 Å². The molecule has 0 spiro atoms. The van der Waals surface area contributed by atoms with Crippen LogP contribution in [-0.4, -0.2) is 54.5 Å². The Kier molecular flexibility index (Phi) is 6.80. The van der Waals surface area contributed by atoms with Gasteiger partial charge in [-0.1, -0.05) is 0 Å². The maximum atomic E-state index is 13.6. The molecule has 168 valence electrons. The number of hydrogen-bond donors (Lipinski definition) is 3. The van der Waals surface area contributed by atoms with E-state index in [1.165, 1.54) is 14.2 Å². The van der Waals surface area contributed by atoms with Crippen LogP contribution in [0.1, 0.15) is 39.2 Å². The Labute approximate surface area is 173 Å². The minimum absolute atomic E-state index is 0.0258.